The second-order valence-corrected chi connectivity index (χ2v) is 10.7. The van der Waals surface area contributed by atoms with E-state index in [2.05, 4.69) is 10.6 Å². The summed E-state index contributed by atoms with van der Waals surface area (Å²) in [5.74, 6) is 3.97. The molecule has 2 amide bonds. The fourth-order valence-electron chi connectivity index (χ4n) is 5.02. The molecule has 0 radical (unpaired) electrons. The van der Waals surface area contributed by atoms with Crippen LogP contribution >= 0.6 is 0 Å². The van der Waals surface area contributed by atoms with Crippen molar-refractivity contribution in [3.8, 4) is 40.2 Å². The van der Waals surface area contributed by atoms with Crippen LogP contribution < -0.4 is 39.1 Å². The molecule has 0 atom stereocenters. The zero-order valence-corrected chi connectivity index (χ0v) is 27.5. The number of carbonyl (C=O) groups excluding carboxylic acids is 2. The maximum absolute atomic E-state index is 12.7. The summed E-state index contributed by atoms with van der Waals surface area (Å²) in [6.45, 7) is 0.961. The van der Waals surface area contributed by atoms with Crippen molar-refractivity contribution in [1.29, 1.82) is 0 Å². The highest BCUT2D eigenvalue weighted by Gasteiger charge is 2.12. The molecule has 4 rings (SSSR count). The Labute approximate surface area is 275 Å². The predicted octanol–water partition coefficient (Wildman–Crippen LogP) is 5.32. The van der Waals surface area contributed by atoms with Gasteiger partial charge in [-0.3, -0.25) is 9.59 Å². The molecule has 2 N–H and O–H groups in total. The Kier molecular flexibility index (Phi) is 12.7. The van der Waals surface area contributed by atoms with E-state index in [1.165, 1.54) is 0 Å². The zero-order valence-electron chi connectivity index (χ0n) is 27.5. The summed E-state index contributed by atoms with van der Waals surface area (Å²) in [7, 11) is 7.94. The first-order valence-corrected chi connectivity index (χ1v) is 15.2. The van der Waals surface area contributed by atoms with Gasteiger partial charge in [0.15, 0.2) is 34.5 Å². The van der Waals surface area contributed by atoms with Crippen LogP contribution in [-0.4, -0.2) is 60.5 Å². The minimum absolute atomic E-state index is 0.0978. The molecule has 10 heteroatoms. The van der Waals surface area contributed by atoms with E-state index in [9.17, 15) is 9.59 Å². The average molecular weight is 643 g/mol. The second-order valence-electron chi connectivity index (χ2n) is 10.7. The molecule has 0 unspecified atom stereocenters. The van der Waals surface area contributed by atoms with Gasteiger partial charge in [0.05, 0.1) is 48.4 Å². The lowest BCUT2D eigenvalue weighted by atomic mass is 10.1. The molecule has 0 aliphatic heterocycles. The fourth-order valence-corrected chi connectivity index (χ4v) is 5.02. The highest BCUT2D eigenvalue weighted by atomic mass is 16.5. The SMILES string of the molecule is COc1ccc(CCNC(=O)Cc2cccc(Oc3cc(CC(=O)NCCc4ccc(OC)c(OC)c4)ccc3OC)c2)cc1OC. The normalized spacial score (nSPS) is 10.5. The third-order valence-electron chi connectivity index (χ3n) is 7.45. The van der Waals surface area contributed by atoms with Gasteiger partial charge in [0.2, 0.25) is 11.8 Å². The smallest absolute Gasteiger partial charge is 0.224 e. The number of carbonyl (C=O) groups is 2. The molecule has 0 aliphatic rings. The average Bonchev–Trinajstić information content (AvgIpc) is 3.08. The first-order chi connectivity index (χ1) is 22.8. The Morgan fingerprint density at radius 3 is 1.40 bits per heavy atom. The number of rotatable bonds is 17. The van der Waals surface area contributed by atoms with Crippen LogP contribution in [0.25, 0.3) is 0 Å². The summed E-state index contributed by atoms with van der Waals surface area (Å²) in [5, 5.41) is 5.94. The van der Waals surface area contributed by atoms with E-state index in [0.717, 1.165) is 22.3 Å². The van der Waals surface area contributed by atoms with Crippen LogP contribution in [0.2, 0.25) is 0 Å². The summed E-state index contributed by atoms with van der Waals surface area (Å²) in [4.78, 5) is 25.4. The van der Waals surface area contributed by atoms with Crippen molar-refractivity contribution in [2.24, 2.45) is 0 Å². The summed E-state index contributed by atoms with van der Waals surface area (Å²) >= 11 is 0. The van der Waals surface area contributed by atoms with Crippen molar-refractivity contribution < 1.29 is 38.0 Å². The lowest BCUT2D eigenvalue weighted by Crippen LogP contribution is -2.27. The quantitative estimate of drug-likeness (QED) is 0.159. The van der Waals surface area contributed by atoms with Crippen molar-refractivity contribution in [3.05, 3.63) is 101 Å². The third kappa shape index (κ3) is 10.1. The highest BCUT2D eigenvalue weighted by molar-refractivity contribution is 5.79. The molecular formula is C37H42N2O8. The van der Waals surface area contributed by atoms with Gasteiger partial charge in [0.25, 0.3) is 0 Å². The molecule has 0 heterocycles. The molecule has 0 aromatic heterocycles. The molecule has 0 spiro atoms. The number of benzene rings is 4. The predicted molar refractivity (Wildman–Crippen MR) is 179 cm³/mol. The molecule has 10 nitrogen and oxygen atoms in total. The number of amides is 2. The van der Waals surface area contributed by atoms with Crippen LogP contribution in [0, 0.1) is 0 Å². The van der Waals surface area contributed by atoms with Gasteiger partial charge in [-0.2, -0.15) is 0 Å². The summed E-state index contributed by atoms with van der Waals surface area (Å²) in [6.07, 6.45) is 1.68. The third-order valence-corrected chi connectivity index (χ3v) is 7.45. The maximum Gasteiger partial charge on any atom is 0.224 e. The van der Waals surface area contributed by atoms with Gasteiger partial charge in [-0.05, 0) is 83.6 Å². The van der Waals surface area contributed by atoms with Crippen LogP contribution in [-0.2, 0) is 35.3 Å². The molecule has 0 saturated heterocycles. The summed E-state index contributed by atoms with van der Waals surface area (Å²) in [5.41, 5.74) is 3.63. The Balaban J connectivity index is 1.29. The van der Waals surface area contributed by atoms with Crippen LogP contribution in [0.5, 0.6) is 40.2 Å². The van der Waals surface area contributed by atoms with E-state index in [0.29, 0.717) is 66.2 Å². The second kappa shape index (κ2) is 17.4. The Hall–Kier alpha value is -5.38. The topological polar surface area (TPSA) is 114 Å². The van der Waals surface area contributed by atoms with Crippen molar-refractivity contribution in [2.75, 3.05) is 48.6 Å². The lowest BCUT2D eigenvalue weighted by molar-refractivity contribution is -0.121. The number of methoxy groups -OCH3 is 5. The van der Waals surface area contributed by atoms with Crippen LogP contribution in [0.15, 0.2) is 78.9 Å². The standard InChI is InChI=1S/C37H42N2O8/c1-42-30-12-9-25(20-33(30)45-4)15-17-38-36(40)23-27-7-6-8-29(19-27)47-35-22-28(11-14-32(35)44-3)24-37(41)39-18-16-26-10-13-31(43-2)34(21-26)46-5/h6-14,19-22H,15-18,23-24H2,1-5H3,(H,38,40)(H,39,41). The number of ether oxygens (including phenoxy) is 6. The molecule has 248 valence electrons. The molecule has 4 aromatic rings. The molecule has 0 bridgehead atoms. The van der Waals surface area contributed by atoms with Crippen molar-refractivity contribution in [3.63, 3.8) is 0 Å². The van der Waals surface area contributed by atoms with Gasteiger partial charge >= 0.3 is 0 Å². The van der Waals surface area contributed by atoms with E-state index >= 15 is 0 Å². The minimum atomic E-state index is -0.110. The van der Waals surface area contributed by atoms with Crippen molar-refractivity contribution in [2.45, 2.75) is 25.7 Å². The van der Waals surface area contributed by atoms with Crippen LogP contribution in [0.3, 0.4) is 0 Å². The van der Waals surface area contributed by atoms with Gasteiger partial charge in [0, 0.05) is 13.1 Å². The Bertz CT molecular complexity index is 1660. The van der Waals surface area contributed by atoms with Crippen LogP contribution in [0.1, 0.15) is 22.3 Å². The number of hydrogen-bond acceptors (Lipinski definition) is 8. The van der Waals surface area contributed by atoms with Crippen LogP contribution in [0.4, 0.5) is 0 Å². The van der Waals surface area contributed by atoms with Crippen molar-refractivity contribution >= 4 is 11.8 Å². The minimum Gasteiger partial charge on any atom is -0.493 e. The summed E-state index contributed by atoms with van der Waals surface area (Å²) < 4.78 is 33.0. The Morgan fingerprint density at radius 1 is 0.489 bits per heavy atom. The van der Waals surface area contributed by atoms with E-state index < -0.39 is 0 Å². The first-order valence-electron chi connectivity index (χ1n) is 15.2. The van der Waals surface area contributed by atoms with E-state index in [1.807, 2.05) is 66.7 Å². The maximum atomic E-state index is 12.7. The van der Waals surface area contributed by atoms with E-state index in [-0.39, 0.29) is 24.7 Å². The monoisotopic (exact) mass is 642 g/mol. The highest BCUT2D eigenvalue weighted by Crippen LogP contribution is 2.33. The number of hydrogen-bond donors (Lipinski definition) is 2. The van der Waals surface area contributed by atoms with E-state index in [4.69, 9.17) is 28.4 Å². The van der Waals surface area contributed by atoms with Gasteiger partial charge in [0.1, 0.15) is 5.75 Å². The van der Waals surface area contributed by atoms with Gasteiger partial charge in [-0.25, -0.2) is 0 Å². The molecule has 47 heavy (non-hydrogen) atoms. The first kappa shape index (κ1) is 34.5. The van der Waals surface area contributed by atoms with Gasteiger partial charge in [-0.1, -0.05) is 30.3 Å². The van der Waals surface area contributed by atoms with Crippen molar-refractivity contribution in [1.82, 2.24) is 10.6 Å². The van der Waals surface area contributed by atoms with E-state index in [1.54, 1.807) is 47.7 Å². The molecule has 0 fully saturated rings. The fraction of sp³-hybridized carbons (Fsp3) is 0.297. The molecule has 4 aromatic carbocycles. The Morgan fingerprint density at radius 2 is 0.915 bits per heavy atom. The lowest BCUT2D eigenvalue weighted by Gasteiger charge is -2.13. The molecular weight excluding hydrogens is 600 g/mol. The zero-order chi connectivity index (χ0) is 33.6. The summed E-state index contributed by atoms with van der Waals surface area (Å²) in [6, 6.07) is 24.2. The molecule has 0 aliphatic carbocycles. The largest absolute Gasteiger partial charge is 0.493 e. The number of nitrogens with one attached hydrogen (secondary N) is 2. The van der Waals surface area contributed by atoms with Gasteiger partial charge < -0.3 is 39.1 Å². The van der Waals surface area contributed by atoms with Gasteiger partial charge in [-0.15, -0.1) is 0 Å². The molecule has 0 saturated carbocycles.